The number of hydrazone groups is 2. The molecule has 0 saturated carbocycles. The highest BCUT2D eigenvalue weighted by atomic mass is 19.5. The van der Waals surface area contributed by atoms with Crippen LogP contribution in [-0.2, 0) is 0 Å². The van der Waals surface area contributed by atoms with Crippen LogP contribution in [0.5, 0.6) is 0 Å². The van der Waals surface area contributed by atoms with Gasteiger partial charge in [-0.1, -0.05) is 18.2 Å². The van der Waals surface area contributed by atoms with Crippen molar-refractivity contribution in [1.29, 1.82) is 0 Å². The number of rotatable bonds is 6. The number of aromatic nitrogens is 4. The summed E-state index contributed by atoms with van der Waals surface area (Å²) in [6, 6.07) is 21.2. The number of H-pyrrole nitrogens is 1. The van der Waals surface area contributed by atoms with E-state index in [2.05, 4.69) is 41.0 Å². The van der Waals surface area contributed by atoms with Crippen molar-refractivity contribution >= 4 is 24.7 Å². The highest BCUT2D eigenvalue weighted by Crippen LogP contribution is 2.07. The lowest BCUT2D eigenvalue weighted by molar-refractivity contribution is -0.380. The average molecular weight is 510 g/mol. The van der Waals surface area contributed by atoms with E-state index in [-0.39, 0.29) is 0 Å². The van der Waals surface area contributed by atoms with E-state index in [1.165, 1.54) is 0 Å². The molecule has 0 spiro atoms. The molecule has 0 aliphatic rings. The standard InChI is InChI=1S/C23H18N8O.BF4/c32-23(30-28-21(17-9-1-5-13-24-17)18-10-2-6-14-25-18)31-29-22(19-11-3-7-15-26-19)20-12-4-8-16-27-20;2-1(3,4)5/h1-16H,(H2,30,31,32);/q;-1/p+1. The zero-order valence-corrected chi connectivity index (χ0v) is 19.0. The zero-order chi connectivity index (χ0) is 26.5. The molecule has 0 bridgehead atoms. The molecule has 0 saturated heterocycles. The van der Waals surface area contributed by atoms with Crippen LogP contribution in [0.4, 0.5) is 22.1 Å². The van der Waals surface area contributed by atoms with E-state index in [9.17, 15) is 22.1 Å². The second kappa shape index (κ2) is 13.2. The van der Waals surface area contributed by atoms with Crippen molar-refractivity contribution in [2.24, 2.45) is 10.2 Å². The Balaban J connectivity index is 0.000000695. The largest absolute Gasteiger partial charge is 0.673 e. The van der Waals surface area contributed by atoms with Crippen LogP contribution in [0, 0.1) is 0 Å². The molecule has 4 aromatic rings. The van der Waals surface area contributed by atoms with E-state index in [1.807, 2.05) is 36.4 Å². The second-order valence-corrected chi connectivity index (χ2v) is 6.89. The van der Waals surface area contributed by atoms with Crippen molar-refractivity contribution in [3.8, 4) is 0 Å². The second-order valence-electron chi connectivity index (χ2n) is 6.89. The maximum absolute atomic E-state index is 12.5. The molecule has 9 nitrogen and oxygen atoms in total. The van der Waals surface area contributed by atoms with Gasteiger partial charge in [-0.2, -0.15) is 10.2 Å². The third-order valence-electron chi connectivity index (χ3n) is 4.23. The van der Waals surface area contributed by atoms with Gasteiger partial charge in [0.1, 0.15) is 5.71 Å². The van der Waals surface area contributed by atoms with E-state index < -0.39 is 13.3 Å². The summed E-state index contributed by atoms with van der Waals surface area (Å²) in [6.45, 7) is 0. The van der Waals surface area contributed by atoms with Crippen molar-refractivity contribution in [1.82, 2.24) is 25.8 Å². The van der Waals surface area contributed by atoms with Crippen molar-refractivity contribution in [2.45, 2.75) is 0 Å². The Morgan fingerprint density at radius 3 is 1.51 bits per heavy atom. The molecule has 188 valence electrons. The number of hydrogen-bond acceptors (Lipinski definition) is 6. The van der Waals surface area contributed by atoms with Gasteiger partial charge in [-0.15, -0.1) is 0 Å². The summed E-state index contributed by atoms with van der Waals surface area (Å²) in [4.78, 5) is 28.5. The van der Waals surface area contributed by atoms with Crippen LogP contribution in [-0.4, -0.2) is 39.7 Å². The Hall–Kier alpha value is -5.01. The van der Waals surface area contributed by atoms with Crippen LogP contribution < -0.4 is 15.8 Å². The van der Waals surface area contributed by atoms with Crippen LogP contribution in [0.25, 0.3) is 0 Å². The van der Waals surface area contributed by atoms with Crippen LogP contribution in [0.1, 0.15) is 22.8 Å². The zero-order valence-electron chi connectivity index (χ0n) is 19.0. The third-order valence-corrected chi connectivity index (χ3v) is 4.23. The van der Waals surface area contributed by atoms with E-state index in [0.29, 0.717) is 34.2 Å². The molecule has 0 aromatic carbocycles. The number of urea groups is 1. The number of carbonyl (C=O) groups excluding carboxylic acids is 1. The van der Waals surface area contributed by atoms with Gasteiger partial charge in [0.2, 0.25) is 5.69 Å². The summed E-state index contributed by atoms with van der Waals surface area (Å²) in [6.07, 6.45) is 6.72. The molecular weight excluding hydrogens is 491 g/mol. The molecule has 0 aliphatic heterocycles. The van der Waals surface area contributed by atoms with E-state index in [4.69, 9.17) is 0 Å². The molecule has 3 N–H and O–H groups in total. The molecular formula is C23H19BF4N8O. The SMILES string of the molecule is F[B-](F)(F)F.O=C(NN=C(c1ccccn1)c1ccccn1)N/N=C(/c1ccccn1)c1cccc[nH+]1. The topological polar surface area (TPSA) is 119 Å². The molecule has 0 unspecified atom stereocenters. The Morgan fingerprint density at radius 2 is 1.11 bits per heavy atom. The third kappa shape index (κ3) is 9.28. The van der Waals surface area contributed by atoms with Gasteiger partial charge in [0.05, 0.1) is 17.1 Å². The van der Waals surface area contributed by atoms with Crippen molar-refractivity contribution in [3.63, 3.8) is 0 Å². The van der Waals surface area contributed by atoms with Gasteiger partial charge in [0.25, 0.3) is 0 Å². The number of carbonyl (C=O) groups is 1. The fourth-order valence-corrected chi connectivity index (χ4v) is 2.79. The quantitative estimate of drug-likeness (QED) is 0.179. The smallest absolute Gasteiger partial charge is 0.418 e. The number of nitrogens with one attached hydrogen (secondary N) is 3. The van der Waals surface area contributed by atoms with Crippen LogP contribution >= 0.6 is 0 Å². The number of amides is 2. The summed E-state index contributed by atoms with van der Waals surface area (Å²) in [5.74, 6) is 0. The summed E-state index contributed by atoms with van der Waals surface area (Å²) < 4.78 is 39.0. The highest BCUT2D eigenvalue weighted by molar-refractivity contribution is 6.50. The minimum absolute atomic E-state index is 0.423. The molecule has 4 aromatic heterocycles. The average Bonchev–Trinajstić information content (AvgIpc) is 2.90. The predicted octanol–water partition coefficient (Wildman–Crippen LogP) is 3.49. The molecule has 0 radical (unpaired) electrons. The van der Waals surface area contributed by atoms with Gasteiger partial charge in [0.15, 0.2) is 11.9 Å². The van der Waals surface area contributed by atoms with Gasteiger partial charge < -0.3 is 17.3 Å². The normalized spacial score (nSPS) is 11.0. The van der Waals surface area contributed by atoms with Gasteiger partial charge in [-0.3, -0.25) is 15.0 Å². The van der Waals surface area contributed by atoms with Crippen molar-refractivity contribution < 1.29 is 27.0 Å². The fourth-order valence-electron chi connectivity index (χ4n) is 2.79. The van der Waals surface area contributed by atoms with Crippen LogP contribution in [0.3, 0.4) is 0 Å². The minimum atomic E-state index is -6.00. The lowest BCUT2D eigenvalue weighted by atomic mass is 10.1. The number of pyridine rings is 4. The van der Waals surface area contributed by atoms with Gasteiger partial charge in [-0.25, -0.2) is 20.6 Å². The van der Waals surface area contributed by atoms with E-state index >= 15 is 0 Å². The molecule has 0 aliphatic carbocycles. The molecule has 14 heteroatoms. The van der Waals surface area contributed by atoms with Gasteiger partial charge in [-0.05, 0) is 42.5 Å². The summed E-state index contributed by atoms with van der Waals surface area (Å²) in [5.41, 5.74) is 8.26. The van der Waals surface area contributed by atoms with Crippen molar-refractivity contribution in [2.75, 3.05) is 0 Å². The maximum Gasteiger partial charge on any atom is 0.673 e. The number of hydrogen-bond donors (Lipinski definition) is 2. The fraction of sp³-hybridized carbons (Fsp3) is 0. The predicted molar refractivity (Wildman–Crippen MR) is 129 cm³/mol. The lowest BCUT2D eigenvalue weighted by Crippen LogP contribution is -2.32. The Kier molecular flexibility index (Phi) is 9.48. The lowest BCUT2D eigenvalue weighted by Gasteiger charge is -2.06. The molecule has 2 amide bonds. The summed E-state index contributed by atoms with van der Waals surface area (Å²) in [7, 11) is -6.00. The molecule has 37 heavy (non-hydrogen) atoms. The Bertz CT molecular complexity index is 1140. The number of nitrogens with zero attached hydrogens (tertiary/aromatic N) is 5. The monoisotopic (exact) mass is 510 g/mol. The number of halogens is 4. The first-order valence-electron chi connectivity index (χ1n) is 10.6. The summed E-state index contributed by atoms with van der Waals surface area (Å²) in [5, 5.41) is 8.47. The van der Waals surface area contributed by atoms with Crippen molar-refractivity contribution in [3.05, 3.63) is 120 Å². The first kappa shape index (κ1) is 26.6. The van der Waals surface area contributed by atoms with E-state index in [0.717, 1.165) is 0 Å². The Morgan fingerprint density at radius 1 is 0.676 bits per heavy atom. The summed E-state index contributed by atoms with van der Waals surface area (Å²) >= 11 is 0. The van der Waals surface area contributed by atoms with E-state index in [1.54, 1.807) is 61.2 Å². The molecule has 0 fully saturated rings. The van der Waals surface area contributed by atoms with Crippen LogP contribution in [0.2, 0.25) is 0 Å². The Labute approximate surface area is 208 Å². The first-order valence-corrected chi connectivity index (χ1v) is 10.6. The van der Waals surface area contributed by atoms with Gasteiger partial charge in [0, 0.05) is 30.7 Å². The number of aromatic amines is 1. The molecule has 4 rings (SSSR count). The molecule has 0 atom stereocenters. The maximum atomic E-state index is 12.5. The van der Waals surface area contributed by atoms with Crippen LogP contribution in [0.15, 0.2) is 108 Å². The van der Waals surface area contributed by atoms with Gasteiger partial charge >= 0.3 is 13.3 Å². The first-order chi connectivity index (χ1) is 17.8. The highest BCUT2D eigenvalue weighted by Gasteiger charge is 2.20. The molecule has 4 heterocycles. The minimum Gasteiger partial charge on any atom is -0.418 e.